The lowest BCUT2D eigenvalue weighted by molar-refractivity contribution is -0.0176. The number of rotatable bonds is 2. The first-order valence-corrected chi connectivity index (χ1v) is 11.0. The van der Waals surface area contributed by atoms with Crippen molar-refractivity contribution in [2.24, 2.45) is 17.8 Å². The van der Waals surface area contributed by atoms with Crippen LogP contribution in [0.4, 0.5) is 0 Å². The predicted molar refractivity (Wildman–Crippen MR) is 115 cm³/mol. The Balaban J connectivity index is 1.42. The van der Waals surface area contributed by atoms with Crippen molar-refractivity contribution in [3.8, 4) is 11.5 Å². The molecule has 0 amide bonds. The third kappa shape index (κ3) is 2.30. The van der Waals surface area contributed by atoms with Crippen LogP contribution >= 0.6 is 0 Å². The second kappa shape index (κ2) is 5.69. The molecule has 0 atom stereocenters. The Bertz CT molecular complexity index is 1160. The Morgan fingerprint density at radius 2 is 1.28 bits per heavy atom. The maximum Gasteiger partial charge on any atom is 0.249 e. The molecule has 3 aromatic carbocycles. The molecule has 4 saturated carbocycles. The molecule has 0 saturated heterocycles. The van der Waals surface area contributed by atoms with Gasteiger partial charge in [0.2, 0.25) is 11.8 Å². The zero-order chi connectivity index (χ0) is 19.0. The van der Waals surface area contributed by atoms with E-state index in [1.807, 2.05) is 0 Å². The van der Waals surface area contributed by atoms with Crippen molar-refractivity contribution in [1.29, 1.82) is 0 Å². The van der Waals surface area contributed by atoms with Gasteiger partial charge in [-0.2, -0.15) is 0 Å². The largest absolute Gasteiger partial charge is 0.420 e. The summed E-state index contributed by atoms with van der Waals surface area (Å²) in [5.41, 5.74) is 1.22. The Hall–Kier alpha value is -2.68. The molecule has 0 unspecified atom stereocenters. The highest BCUT2D eigenvalue weighted by Gasteiger charge is 2.54. The minimum atomic E-state index is 0.139. The third-order valence-electron chi connectivity index (χ3n) is 7.90. The van der Waals surface area contributed by atoms with E-state index in [0.29, 0.717) is 5.89 Å². The van der Waals surface area contributed by atoms with Crippen molar-refractivity contribution in [2.75, 3.05) is 0 Å². The summed E-state index contributed by atoms with van der Waals surface area (Å²) in [4.78, 5) is 0. The average Bonchev–Trinajstić information content (AvgIpc) is 3.22. The van der Waals surface area contributed by atoms with Gasteiger partial charge in [0.1, 0.15) is 0 Å². The van der Waals surface area contributed by atoms with Gasteiger partial charge in [0.05, 0.1) is 5.56 Å². The number of aromatic nitrogens is 2. The molecule has 0 spiro atoms. The number of hydrogen-bond acceptors (Lipinski definition) is 3. The number of benzene rings is 3. The summed E-state index contributed by atoms with van der Waals surface area (Å²) in [6.45, 7) is 0. The second-order valence-corrected chi connectivity index (χ2v) is 9.80. The third-order valence-corrected chi connectivity index (χ3v) is 7.90. The van der Waals surface area contributed by atoms with E-state index in [1.54, 1.807) is 0 Å². The minimum Gasteiger partial charge on any atom is -0.420 e. The van der Waals surface area contributed by atoms with E-state index in [0.717, 1.165) is 29.2 Å². The molecule has 4 aliphatic rings. The molecule has 1 heterocycles. The van der Waals surface area contributed by atoms with Gasteiger partial charge in [0.15, 0.2) is 0 Å². The maximum atomic E-state index is 6.55. The topological polar surface area (TPSA) is 38.9 Å². The van der Waals surface area contributed by atoms with Crippen LogP contribution in [0.5, 0.6) is 0 Å². The molecule has 4 fully saturated rings. The highest BCUT2D eigenvalue weighted by Crippen LogP contribution is 2.60. The summed E-state index contributed by atoms with van der Waals surface area (Å²) < 4.78 is 6.55. The molecule has 4 aromatic rings. The average molecular weight is 380 g/mol. The van der Waals surface area contributed by atoms with E-state index in [-0.39, 0.29) is 5.41 Å². The fourth-order valence-electron chi connectivity index (χ4n) is 7.16. The molecule has 3 heteroatoms. The van der Waals surface area contributed by atoms with Crippen molar-refractivity contribution in [2.45, 2.75) is 43.9 Å². The van der Waals surface area contributed by atoms with Crippen molar-refractivity contribution in [3.05, 3.63) is 60.5 Å². The van der Waals surface area contributed by atoms with Crippen LogP contribution in [0.1, 0.15) is 44.4 Å². The first kappa shape index (κ1) is 16.2. The van der Waals surface area contributed by atoms with E-state index < -0.39 is 0 Å². The first-order chi connectivity index (χ1) is 14.3. The monoisotopic (exact) mass is 380 g/mol. The smallest absolute Gasteiger partial charge is 0.249 e. The summed E-state index contributed by atoms with van der Waals surface area (Å²) >= 11 is 0. The lowest BCUT2D eigenvalue weighted by atomic mass is 9.49. The fraction of sp³-hybridized carbons (Fsp3) is 0.385. The molecule has 0 N–H and O–H groups in total. The normalized spacial score (nSPS) is 30.4. The van der Waals surface area contributed by atoms with Crippen LogP contribution in [0.25, 0.3) is 33.0 Å². The van der Waals surface area contributed by atoms with Crippen LogP contribution in [-0.4, -0.2) is 10.2 Å². The van der Waals surface area contributed by atoms with Crippen molar-refractivity contribution in [1.82, 2.24) is 10.2 Å². The van der Waals surface area contributed by atoms with Crippen LogP contribution in [0.15, 0.2) is 59.0 Å². The van der Waals surface area contributed by atoms with Crippen LogP contribution in [-0.2, 0) is 5.41 Å². The van der Waals surface area contributed by atoms with E-state index in [1.165, 1.54) is 60.1 Å². The van der Waals surface area contributed by atoms with E-state index in [4.69, 9.17) is 4.42 Å². The maximum absolute atomic E-state index is 6.55. The van der Waals surface area contributed by atoms with Crippen LogP contribution < -0.4 is 0 Å². The Labute approximate surface area is 170 Å². The quantitative estimate of drug-likeness (QED) is 0.372. The lowest BCUT2D eigenvalue weighted by Crippen LogP contribution is -2.48. The van der Waals surface area contributed by atoms with Crippen molar-refractivity contribution < 1.29 is 4.42 Å². The highest BCUT2D eigenvalue weighted by atomic mass is 16.4. The molecule has 4 bridgehead atoms. The second-order valence-electron chi connectivity index (χ2n) is 9.80. The lowest BCUT2D eigenvalue weighted by Gasteiger charge is -2.55. The van der Waals surface area contributed by atoms with Gasteiger partial charge in [0.25, 0.3) is 0 Å². The zero-order valence-electron chi connectivity index (χ0n) is 16.5. The Kier molecular flexibility index (Phi) is 3.17. The summed E-state index contributed by atoms with van der Waals surface area (Å²) in [6.07, 6.45) is 8.02. The summed E-state index contributed by atoms with van der Waals surface area (Å²) in [5, 5.41) is 14.1. The molecule has 29 heavy (non-hydrogen) atoms. The standard InChI is InChI=1S/C26H24N2O/c1-3-7-21-19(5-1)12-20-6-2-4-8-22(20)23(21)24-27-28-25(29-24)26-13-16-9-17(14-26)11-18(10-16)15-26/h1-8,12,16-18H,9-11,13-15H2. The van der Waals surface area contributed by atoms with Crippen LogP contribution in [0.3, 0.4) is 0 Å². The van der Waals surface area contributed by atoms with Gasteiger partial charge in [-0.15, -0.1) is 10.2 Å². The van der Waals surface area contributed by atoms with E-state index in [2.05, 4.69) is 64.8 Å². The van der Waals surface area contributed by atoms with Crippen molar-refractivity contribution >= 4 is 21.5 Å². The molecule has 4 aliphatic carbocycles. The summed E-state index contributed by atoms with van der Waals surface area (Å²) in [6, 6.07) is 19.3. The number of fused-ring (bicyclic) bond motifs is 2. The SMILES string of the molecule is c1ccc2c(-c3nnc(C45CC6CC(CC(C6)C4)C5)o3)c3ccccc3cc2c1. The number of hydrogen-bond donors (Lipinski definition) is 0. The van der Waals surface area contributed by atoms with Crippen molar-refractivity contribution in [3.63, 3.8) is 0 Å². The van der Waals surface area contributed by atoms with Crippen LogP contribution in [0, 0.1) is 17.8 Å². The van der Waals surface area contributed by atoms with Gasteiger partial charge in [0, 0.05) is 5.41 Å². The Morgan fingerprint density at radius 1 is 0.724 bits per heavy atom. The fourth-order valence-corrected chi connectivity index (χ4v) is 7.16. The molecule has 0 radical (unpaired) electrons. The van der Waals surface area contributed by atoms with Gasteiger partial charge in [-0.25, -0.2) is 0 Å². The van der Waals surface area contributed by atoms with Gasteiger partial charge in [-0.05, 0) is 83.9 Å². The summed E-state index contributed by atoms with van der Waals surface area (Å²) in [7, 11) is 0. The van der Waals surface area contributed by atoms with Gasteiger partial charge >= 0.3 is 0 Å². The van der Waals surface area contributed by atoms with Gasteiger partial charge < -0.3 is 4.42 Å². The summed E-state index contributed by atoms with van der Waals surface area (Å²) in [5.74, 6) is 4.20. The molecule has 8 rings (SSSR count). The molecule has 0 aliphatic heterocycles. The van der Waals surface area contributed by atoms with Crippen LogP contribution in [0.2, 0.25) is 0 Å². The predicted octanol–water partition coefficient (Wildman–Crippen LogP) is 6.51. The molecule has 1 aromatic heterocycles. The zero-order valence-corrected chi connectivity index (χ0v) is 16.5. The number of nitrogens with zero attached hydrogens (tertiary/aromatic N) is 2. The minimum absolute atomic E-state index is 0.139. The molecule has 3 nitrogen and oxygen atoms in total. The van der Waals surface area contributed by atoms with Gasteiger partial charge in [-0.3, -0.25) is 0 Å². The van der Waals surface area contributed by atoms with E-state index >= 15 is 0 Å². The molecule has 144 valence electrons. The highest BCUT2D eigenvalue weighted by molar-refractivity contribution is 6.11. The Morgan fingerprint density at radius 3 is 1.86 bits per heavy atom. The van der Waals surface area contributed by atoms with E-state index in [9.17, 15) is 0 Å². The first-order valence-electron chi connectivity index (χ1n) is 11.0. The van der Waals surface area contributed by atoms with Gasteiger partial charge in [-0.1, -0.05) is 48.5 Å². The molecular weight excluding hydrogens is 356 g/mol. The molecular formula is C26H24N2O.